The molecule has 1 atom stereocenters. The molecule has 1 saturated heterocycles. The van der Waals surface area contributed by atoms with Crippen LogP contribution in [0.15, 0.2) is 53.3 Å². The molecule has 2 aromatic carbocycles. The quantitative estimate of drug-likeness (QED) is 0.561. The molecule has 1 amide bonds. The van der Waals surface area contributed by atoms with E-state index >= 15 is 0 Å². The van der Waals surface area contributed by atoms with Gasteiger partial charge in [0.25, 0.3) is 5.56 Å². The number of rotatable bonds is 6. The van der Waals surface area contributed by atoms with Gasteiger partial charge in [-0.2, -0.15) is 0 Å². The number of hydrogen-bond donors (Lipinski definition) is 2. The lowest BCUT2D eigenvalue weighted by atomic mass is 9.59. The van der Waals surface area contributed by atoms with Crippen molar-refractivity contribution in [3.63, 3.8) is 0 Å². The Bertz CT molecular complexity index is 1300. The van der Waals surface area contributed by atoms with Gasteiger partial charge in [0.05, 0.1) is 13.2 Å². The molecular formula is C29H32N4O3. The summed E-state index contributed by atoms with van der Waals surface area (Å²) in [5.74, 6) is 1.63. The highest BCUT2D eigenvalue weighted by Crippen LogP contribution is 2.55. The molecule has 0 radical (unpaired) electrons. The SMILES string of the molecule is Cc1nc(N2CCOCC2)[nH]c(=O)c1CCC(=O)NCC1CC2c3ccccc3C1c1ccccc12. The molecule has 1 fully saturated rings. The van der Waals surface area contributed by atoms with Gasteiger partial charge in [-0.1, -0.05) is 48.5 Å². The maximum Gasteiger partial charge on any atom is 0.255 e. The van der Waals surface area contributed by atoms with Crippen LogP contribution in [-0.4, -0.2) is 48.7 Å². The number of benzene rings is 2. The van der Waals surface area contributed by atoms with Crippen LogP contribution in [0.5, 0.6) is 0 Å². The van der Waals surface area contributed by atoms with Crippen LogP contribution >= 0.6 is 0 Å². The number of ether oxygens (including phenoxy) is 1. The zero-order chi connectivity index (χ0) is 24.6. The molecule has 1 unspecified atom stereocenters. The Morgan fingerprint density at radius 1 is 1.06 bits per heavy atom. The Morgan fingerprint density at radius 3 is 2.33 bits per heavy atom. The van der Waals surface area contributed by atoms with Crippen LogP contribution in [0, 0.1) is 12.8 Å². The highest BCUT2D eigenvalue weighted by atomic mass is 16.5. The second-order valence-electron chi connectivity index (χ2n) is 10.1. The molecular weight excluding hydrogens is 452 g/mol. The van der Waals surface area contributed by atoms with E-state index in [2.05, 4.69) is 63.8 Å². The summed E-state index contributed by atoms with van der Waals surface area (Å²) >= 11 is 0. The Kier molecular flexibility index (Phi) is 6.09. The molecule has 3 aliphatic carbocycles. The highest BCUT2D eigenvalue weighted by molar-refractivity contribution is 5.76. The number of hydrogen-bond acceptors (Lipinski definition) is 5. The second-order valence-corrected chi connectivity index (χ2v) is 10.1. The van der Waals surface area contributed by atoms with Gasteiger partial charge >= 0.3 is 0 Å². The van der Waals surface area contributed by atoms with Crippen LogP contribution in [-0.2, 0) is 16.0 Å². The number of aromatic amines is 1. The molecule has 4 aliphatic rings. The van der Waals surface area contributed by atoms with Crippen molar-refractivity contribution >= 4 is 11.9 Å². The molecule has 2 heterocycles. The lowest BCUT2D eigenvalue weighted by Crippen LogP contribution is -2.39. The molecule has 36 heavy (non-hydrogen) atoms. The van der Waals surface area contributed by atoms with Crippen LogP contribution < -0.4 is 15.8 Å². The monoisotopic (exact) mass is 484 g/mol. The first-order valence-electron chi connectivity index (χ1n) is 13.0. The third-order valence-corrected chi connectivity index (χ3v) is 8.11. The predicted molar refractivity (Wildman–Crippen MR) is 139 cm³/mol. The van der Waals surface area contributed by atoms with Crippen LogP contribution in [0.3, 0.4) is 0 Å². The van der Waals surface area contributed by atoms with Crippen molar-refractivity contribution in [1.29, 1.82) is 0 Å². The number of fused-ring (bicyclic) bond motifs is 1. The van der Waals surface area contributed by atoms with Gasteiger partial charge in [0.15, 0.2) is 0 Å². The van der Waals surface area contributed by atoms with Crippen molar-refractivity contribution in [3.05, 3.63) is 92.4 Å². The van der Waals surface area contributed by atoms with Crippen molar-refractivity contribution in [2.75, 3.05) is 37.7 Å². The van der Waals surface area contributed by atoms with Crippen LogP contribution in [0.25, 0.3) is 0 Å². The van der Waals surface area contributed by atoms with E-state index in [9.17, 15) is 9.59 Å². The van der Waals surface area contributed by atoms with Crippen LogP contribution in [0.4, 0.5) is 5.95 Å². The van der Waals surface area contributed by atoms with Crippen LogP contribution in [0.1, 0.15) is 58.2 Å². The van der Waals surface area contributed by atoms with E-state index in [0.29, 0.717) is 74.2 Å². The number of carbonyl (C=O) groups is 1. The smallest absolute Gasteiger partial charge is 0.255 e. The van der Waals surface area contributed by atoms with Crippen molar-refractivity contribution in [2.45, 2.75) is 38.0 Å². The number of carbonyl (C=O) groups excluding carboxylic acids is 1. The zero-order valence-electron chi connectivity index (χ0n) is 20.6. The Hall–Kier alpha value is -3.45. The number of anilines is 1. The topological polar surface area (TPSA) is 87.3 Å². The number of morpholine rings is 1. The molecule has 7 rings (SSSR count). The first-order valence-corrected chi connectivity index (χ1v) is 13.0. The van der Waals surface area contributed by atoms with Crippen molar-refractivity contribution < 1.29 is 9.53 Å². The minimum Gasteiger partial charge on any atom is -0.378 e. The fraction of sp³-hybridized carbons (Fsp3) is 0.414. The van der Waals surface area contributed by atoms with E-state index in [-0.39, 0.29) is 17.9 Å². The standard InChI is InChI=1S/C29H32N4O3/c1-18-20(28(35)32-29(31-18)33-12-14-36-15-13-33)10-11-26(34)30-17-19-16-25-21-6-2-4-8-23(21)27(19)24-9-5-3-7-22(24)25/h2-9,19,25,27H,10-17H2,1H3,(H,30,34)(H,31,32,35). The van der Waals surface area contributed by atoms with E-state index in [1.807, 2.05) is 11.8 Å². The summed E-state index contributed by atoms with van der Waals surface area (Å²) < 4.78 is 5.38. The van der Waals surface area contributed by atoms with Crippen molar-refractivity contribution in [2.24, 2.45) is 5.92 Å². The summed E-state index contributed by atoms with van der Waals surface area (Å²) in [4.78, 5) is 35.1. The van der Waals surface area contributed by atoms with E-state index in [1.165, 1.54) is 22.3 Å². The molecule has 0 spiro atoms. The van der Waals surface area contributed by atoms with E-state index < -0.39 is 0 Å². The summed E-state index contributed by atoms with van der Waals surface area (Å²) in [5, 5.41) is 3.18. The molecule has 2 bridgehead atoms. The molecule has 186 valence electrons. The normalized spacial score (nSPS) is 22.1. The van der Waals surface area contributed by atoms with E-state index in [1.54, 1.807) is 0 Å². The Balaban J connectivity index is 1.11. The fourth-order valence-electron chi connectivity index (χ4n) is 6.35. The highest BCUT2D eigenvalue weighted by Gasteiger charge is 2.42. The average Bonchev–Trinajstić information content (AvgIpc) is 2.92. The molecule has 3 aromatic rings. The maximum atomic E-state index is 12.8. The average molecular weight is 485 g/mol. The number of H-pyrrole nitrogens is 1. The van der Waals surface area contributed by atoms with Crippen molar-refractivity contribution in [1.82, 2.24) is 15.3 Å². The predicted octanol–water partition coefficient (Wildman–Crippen LogP) is 3.26. The number of nitrogens with one attached hydrogen (secondary N) is 2. The third-order valence-electron chi connectivity index (χ3n) is 8.11. The summed E-state index contributed by atoms with van der Waals surface area (Å²) in [6.07, 6.45) is 1.70. The van der Waals surface area contributed by atoms with Gasteiger partial charge in [0.1, 0.15) is 0 Å². The zero-order valence-corrected chi connectivity index (χ0v) is 20.6. The fourth-order valence-corrected chi connectivity index (χ4v) is 6.35. The molecule has 7 heteroatoms. The third kappa shape index (κ3) is 4.11. The van der Waals surface area contributed by atoms with Crippen molar-refractivity contribution in [3.8, 4) is 0 Å². The van der Waals surface area contributed by atoms with Gasteiger partial charge in [0, 0.05) is 49.1 Å². The maximum absolute atomic E-state index is 12.8. The number of amides is 1. The van der Waals surface area contributed by atoms with Gasteiger partial charge in [-0.3, -0.25) is 14.6 Å². The molecule has 1 aromatic heterocycles. The van der Waals surface area contributed by atoms with Crippen LogP contribution in [0.2, 0.25) is 0 Å². The Labute approximate surface area is 210 Å². The number of aromatic nitrogens is 2. The first-order chi connectivity index (χ1) is 17.6. The minimum atomic E-state index is -0.158. The minimum absolute atomic E-state index is 0.0194. The van der Waals surface area contributed by atoms with Gasteiger partial charge < -0.3 is 15.0 Å². The molecule has 0 saturated carbocycles. The summed E-state index contributed by atoms with van der Waals surface area (Å²) in [6, 6.07) is 17.5. The lowest BCUT2D eigenvalue weighted by molar-refractivity contribution is -0.121. The largest absolute Gasteiger partial charge is 0.378 e. The number of aryl methyl sites for hydroxylation is 1. The molecule has 2 N–H and O–H groups in total. The Morgan fingerprint density at radius 2 is 1.69 bits per heavy atom. The van der Waals surface area contributed by atoms with Gasteiger partial charge in [-0.15, -0.1) is 0 Å². The van der Waals surface area contributed by atoms with Gasteiger partial charge in [-0.05, 0) is 47.9 Å². The number of nitrogens with zero attached hydrogens (tertiary/aromatic N) is 2. The lowest BCUT2D eigenvalue weighted by Gasteiger charge is -2.45. The molecule has 7 nitrogen and oxygen atoms in total. The first kappa shape index (κ1) is 23.0. The summed E-state index contributed by atoms with van der Waals surface area (Å²) in [7, 11) is 0. The van der Waals surface area contributed by atoms with E-state index in [4.69, 9.17) is 4.74 Å². The van der Waals surface area contributed by atoms with Gasteiger partial charge in [0.2, 0.25) is 11.9 Å². The van der Waals surface area contributed by atoms with Gasteiger partial charge in [-0.25, -0.2) is 4.98 Å². The second kappa shape index (κ2) is 9.54. The molecule has 1 aliphatic heterocycles. The summed E-state index contributed by atoms with van der Waals surface area (Å²) in [6.45, 7) is 5.17. The van der Waals surface area contributed by atoms with E-state index in [0.717, 1.165) is 6.42 Å². The summed E-state index contributed by atoms with van der Waals surface area (Å²) in [5.41, 5.74) is 6.79.